The summed E-state index contributed by atoms with van der Waals surface area (Å²) in [6, 6.07) is 15.3. The number of hydrogen-bond acceptors (Lipinski definition) is 0. The van der Waals surface area contributed by atoms with E-state index in [4.69, 9.17) is 0 Å². The van der Waals surface area contributed by atoms with E-state index >= 15 is 0 Å². The van der Waals surface area contributed by atoms with Crippen LogP contribution in [0.4, 0.5) is 0 Å². The molecule has 0 aliphatic heterocycles. The molecule has 2 aromatic rings. The smallest absolute Gasteiger partial charge is 0.147 e. The summed E-state index contributed by atoms with van der Waals surface area (Å²) in [5, 5.41) is 2.65. The Bertz CT molecular complexity index is 869. The molecule has 24 heavy (non-hydrogen) atoms. The summed E-state index contributed by atoms with van der Waals surface area (Å²) in [6.07, 6.45) is 11.4. The van der Waals surface area contributed by atoms with E-state index in [0.717, 1.165) is 0 Å². The molecule has 0 aromatic heterocycles. The molecule has 0 fully saturated rings. The van der Waals surface area contributed by atoms with E-state index in [1.54, 1.807) is 24.7 Å². The molecular formula is C21H19Cl2Zr. The van der Waals surface area contributed by atoms with Crippen LogP contribution in [-0.4, -0.2) is 0 Å². The normalized spacial score (nSPS) is 21.6. The Balaban J connectivity index is 0.00000104. The Hall–Kier alpha value is -0.877. The number of fused-ring (bicyclic) bond motifs is 2. The Labute approximate surface area is 171 Å². The van der Waals surface area contributed by atoms with Gasteiger partial charge in [0.25, 0.3) is 0 Å². The Kier molecular flexibility index (Phi) is 6.48. The van der Waals surface area contributed by atoms with Crippen molar-refractivity contribution >= 4 is 41.2 Å². The minimum atomic E-state index is 0. The maximum Gasteiger partial charge on any atom is -0.147 e. The predicted molar refractivity (Wildman–Crippen MR) is 105 cm³/mol. The van der Waals surface area contributed by atoms with E-state index in [2.05, 4.69) is 79.8 Å². The van der Waals surface area contributed by atoms with E-state index in [9.17, 15) is 0 Å². The van der Waals surface area contributed by atoms with Crippen molar-refractivity contribution in [3.8, 4) is 0 Å². The largest absolute Gasteiger partial charge is 0.147 e. The first-order valence-corrected chi connectivity index (χ1v) is 9.18. The van der Waals surface area contributed by atoms with Crippen molar-refractivity contribution in [2.45, 2.75) is 10.5 Å². The van der Waals surface area contributed by atoms with E-state index < -0.39 is 0 Å². The number of rotatable bonds is 1. The second-order valence-corrected chi connectivity index (χ2v) is 7.56. The zero-order chi connectivity index (χ0) is 15.1. The van der Waals surface area contributed by atoms with Gasteiger partial charge in [-0.25, -0.2) is 0 Å². The van der Waals surface area contributed by atoms with Crippen molar-refractivity contribution in [2.24, 2.45) is 5.92 Å². The molecular weight excluding hydrogens is 414 g/mol. The van der Waals surface area contributed by atoms with Gasteiger partial charge in [0.2, 0.25) is 0 Å². The summed E-state index contributed by atoms with van der Waals surface area (Å²) in [5.74, 6) is 0.643. The molecule has 0 amide bonds. The van der Waals surface area contributed by atoms with Crippen LogP contribution in [0.5, 0.6) is 0 Å². The number of halogens is 2. The summed E-state index contributed by atoms with van der Waals surface area (Å²) in [5.41, 5.74) is 5.67. The topological polar surface area (TPSA) is 0 Å². The Morgan fingerprint density at radius 2 is 1.54 bits per heavy atom. The van der Waals surface area contributed by atoms with Crippen LogP contribution in [0.3, 0.4) is 0 Å². The first kappa shape index (κ1) is 19.4. The monoisotopic (exact) mass is 431 g/mol. The second kappa shape index (κ2) is 8.00. The molecule has 4 rings (SSSR count). The van der Waals surface area contributed by atoms with Crippen LogP contribution < -0.4 is 0 Å². The van der Waals surface area contributed by atoms with Crippen LogP contribution >= 0.6 is 24.8 Å². The zero-order valence-corrected chi connectivity index (χ0v) is 17.5. The van der Waals surface area contributed by atoms with Crippen LogP contribution in [0.25, 0.3) is 16.3 Å². The molecule has 2 aromatic carbocycles. The Morgan fingerprint density at radius 3 is 2.38 bits per heavy atom. The zero-order valence-electron chi connectivity index (χ0n) is 13.4. The van der Waals surface area contributed by atoms with E-state index in [1.165, 1.54) is 33.1 Å². The third kappa shape index (κ3) is 3.27. The maximum absolute atomic E-state index is 2.46. The molecule has 0 spiro atoms. The second-order valence-electron chi connectivity index (χ2n) is 6.03. The van der Waals surface area contributed by atoms with E-state index in [0.29, 0.717) is 9.54 Å². The minimum absolute atomic E-state index is 0. The number of allylic oxidation sites excluding steroid dienone is 8. The van der Waals surface area contributed by atoms with Gasteiger partial charge in [-0.15, -0.1) is 24.8 Å². The minimum Gasteiger partial charge on any atom is -0.147 e. The quantitative estimate of drug-likeness (QED) is 0.483. The summed E-state index contributed by atoms with van der Waals surface area (Å²) in [7, 11) is 0. The average molecular weight is 434 g/mol. The van der Waals surface area contributed by atoms with Crippen molar-refractivity contribution in [3.05, 3.63) is 89.6 Å². The van der Waals surface area contributed by atoms with Gasteiger partial charge in [0.05, 0.1) is 0 Å². The van der Waals surface area contributed by atoms with Gasteiger partial charge in [-0.2, -0.15) is 0 Å². The van der Waals surface area contributed by atoms with Crippen molar-refractivity contribution in [3.63, 3.8) is 0 Å². The van der Waals surface area contributed by atoms with Crippen molar-refractivity contribution < 1.29 is 24.7 Å². The van der Waals surface area contributed by atoms with Crippen molar-refractivity contribution in [2.75, 3.05) is 0 Å². The molecule has 121 valence electrons. The molecule has 0 saturated carbocycles. The van der Waals surface area contributed by atoms with Gasteiger partial charge in [0.15, 0.2) is 0 Å². The van der Waals surface area contributed by atoms with Crippen molar-refractivity contribution in [1.29, 1.82) is 0 Å². The molecule has 2 aliphatic carbocycles. The fourth-order valence-electron chi connectivity index (χ4n) is 3.44. The molecule has 0 nitrogen and oxygen atoms in total. The first-order chi connectivity index (χ1) is 10.8. The van der Waals surface area contributed by atoms with Crippen LogP contribution in [-0.2, 0) is 24.7 Å². The van der Waals surface area contributed by atoms with Gasteiger partial charge >= 0.3 is 147 Å². The third-order valence-electron chi connectivity index (χ3n) is 4.62. The molecule has 2 atom stereocenters. The predicted octanol–water partition coefficient (Wildman–Crippen LogP) is 6.47. The third-order valence-corrected chi connectivity index (χ3v) is 6.68. The number of hydrogen-bond donors (Lipinski definition) is 0. The molecule has 2 aliphatic rings. The van der Waals surface area contributed by atoms with E-state index in [1.807, 2.05) is 0 Å². The summed E-state index contributed by atoms with van der Waals surface area (Å²) in [4.78, 5) is 0. The van der Waals surface area contributed by atoms with Crippen LogP contribution in [0.2, 0.25) is 3.63 Å². The van der Waals surface area contributed by atoms with Gasteiger partial charge in [0.1, 0.15) is 0 Å². The molecule has 0 radical (unpaired) electrons. The standard InChI is InChI=1S/C21H17.2ClH.Zr/c1-15-13-17-8-3-5-11-20(21(17)14-15)19-12-6-9-16-7-2-4-10-18(16)19;;;/h2-15H,1H3;2*1H;. The summed E-state index contributed by atoms with van der Waals surface area (Å²) in [6.45, 7) is 2.34. The van der Waals surface area contributed by atoms with E-state index in [-0.39, 0.29) is 24.8 Å². The molecule has 2 unspecified atom stereocenters. The molecule has 0 bridgehead atoms. The fraction of sp³-hybridized carbons (Fsp3) is 0.143. The van der Waals surface area contributed by atoms with Gasteiger partial charge < -0.3 is 0 Å². The van der Waals surface area contributed by atoms with Crippen LogP contribution in [0.1, 0.15) is 12.5 Å². The molecule has 0 N–H and O–H groups in total. The number of benzene rings is 2. The van der Waals surface area contributed by atoms with Crippen LogP contribution in [0.15, 0.2) is 84.0 Å². The molecule has 0 saturated heterocycles. The van der Waals surface area contributed by atoms with Gasteiger partial charge in [-0.05, 0) is 0 Å². The van der Waals surface area contributed by atoms with Crippen molar-refractivity contribution in [1.82, 2.24) is 0 Å². The maximum atomic E-state index is 2.46. The SMILES string of the molecule is CC1C=C2C(c3cccc4ccccc34)=CC=CC=C2[CH]1[Zr].Cl.Cl. The average Bonchev–Trinajstić information content (AvgIpc) is 2.73. The Morgan fingerprint density at radius 1 is 0.833 bits per heavy atom. The fourth-order valence-corrected chi connectivity index (χ4v) is 4.30. The summed E-state index contributed by atoms with van der Waals surface area (Å²) >= 11 is 1.61. The molecule has 3 heteroatoms. The van der Waals surface area contributed by atoms with Gasteiger partial charge in [0, 0.05) is 0 Å². The summed E-state index contributed by atoms with van der Waals surface area (Å²) < 4.78 is 0.684. The first-order valence-electron chi connectivity index (χ1n) is 7.76. The van der Waals surface area contributed by atoms with Gasteiger partial charge in [-0.1, -0.05) is 0 Å². The van der Waals surface area contributed by atoms with Crippen LogP contribution in [0, 0.1) is 5.92 Å². The molecule has 0 heterocycles. The van der Waals surface area contributed by atoms with Gasteiger partial charge in [-0.3, -0.25) is 0 Å².